The van der Waals surface area contributed by atoms with Crippen LogP contribution >= 0.6 is 11.6 Å². The first-order valence-electron chi connectivity index (χ1n) is 14.4. The number of unbranched alkanes of at least 4 members (excludes halogenated alkanes) is 2. The lowest BCUT2D eigenvalue weighted by Gasteiger charge is -2.45. The van der Waals surface area contributed by atoms with Crippen LogP contribution in [0.3, 0.4) is 0 Å². The third-order valence-electron chi connectivity index (χ3n) is 8.60. The van der Waals surface area contributed by atoms with Gasteiger partial charge in [-0.2, -0.15) is 0 Å². The lowest BCUT2D eigenvalue weighted by molar-refractivity contribution is -0.148. The number of carbonyl (C=O) groups excluding carboxylic acids is 5. The molecule has 2 atom stereocenters. The first-order valence-corrected chi connectivity index (χ1v) is 14.8. The number of halogens is 1. The summed E-state index contributed by atoms with van der Waals surface area (Å²) in [5.74, 6) is -3.10. The van der Waals surface area contributed by atoms with Crippen LogP contribution in [-0.4, -0.2) is 47.6 Å². The average molecular weight is 600 g/mol. The molecule has 1 aliphatic heterocycles. The van der Waals surface area contributed by atoms with Gasteiger partial charge in [-0.15, -0.1) is 0 Å². The molecule has 220 valence electrons. The van der Waals surface area contributed by atoms with Crippen molar-refractivity contribution in [1.29, 1.82) is 0 Å². The lowest BCUT2D eigenvalue weighted by atomic mass is 9.55. The molecule has 2 N–H and O–H groups in total. The number of ether oxygens (including phenoxy) is 1. The maximum absolute atomic E-state index is 13.6. The van der Waals surface area contributed by atoms with Gasteiger partial charge in [0.2, 0.25) is 11.8 Å². The standard InChI is InChI=1S/C33H30ClN3O6/c34-24-15-8-7-14-23(24)31(40)36-35-25(38)18-43-26(39)16-2-1-9-17-37-32(41)29-27-19-10-3-4-11-20(19)28(30(29)33(37)42)22-13-6-5-12-21(22)27/h3-8,10-15,27-30H,1-2,9,16-18H2,(H,35,38)(H,36,40)/t27?,28?,29-,30+. The number of hydrazine groups is 1. The Morgan fingerprint density at radius 2 is 1.26 bits per heavy atom. The summed E-state index contributed by atoms with van der Waals surface area (Å²) in [7, 11) is 0. The normalized spacial score (nSPS) is 21.1. The molecule has 0 aromatic heterocycles. The predicted molar refractivity (Wildman–Crippen MR) is 157 cm³/mol. The van der Waals surface area contributed by atoms with Crippen molar-refractivity contribution in [3.05, 3.63) is 106 Å². The number of carbonyl (C=O) groups is 5. The number of hydrogen-bond acceptors (Lipinski definition) is 6. The molecule has 1 heterocycles. The Bertz CT molecular complexity index is 1510. The van der Waals surface area contributed by atoms with Crippen LogP contribution in [0, 0.1) is 11.8 Å². The fraction of sp³-hybridized carbons (Fsp3) is 0.303. The Kier molecular flexibility index (Phi) is 7.99. The number of nitrogens with one attached hydrogen (secondary N) is 2. The van der Waals surface area contributed by atoms with Crippen molar-refractivity contribution in [2.45, 2.75) is 37.5 Å². The molecule has 0 saturated carbocycles. The number of likely N-dealkylation sites (tertiary alicyclic amines) is 1. The highest BCUT2D eigenvalue weighted by molar-refractivity contribution is 6.33. The third-order valence-corrected chi connectivity index (χ3v) is 8.93. The molecule has 2 bridgehead atoms. The Morgan fingerprint density at radius 1 is 0.721 bits per heavy atom. The third kappa shape index (κ3) is 5.29. The van der Waals surface area contributed by atoms with Crippen LogP contribution in [0.2, 0.25) is 5.02 Å². The zero-order chi connectivity index (χ0) is 30.1. The van der Waals surface area contributed by atoms with Gasteiger partial charge >= 0.3 is 5.97 Å². The fourth-order valence-electron chi connectivity index (χ4n) is 6.77. The van der Waals surface area contributed by atoms with Gasteiger partial charge in [-0.1, -0.05) is 78.7 Å². The molecule has 7 rings (SSSR count). The van der Waals surface area contributed by atoms with Gasteiger partial charge in [0.15, 0.2) is 6.61 Å². The number of imide groups is 1. The van der Waals surface area contributed by atoms with Crippen LogP contribution < -0.4 is 10.9 Å². The highest BCUT2D eigenvalue weighted by atomic mass is 35.5. The lowest BCUT2D eigenvalue weighted by Crippen LogP contribution is -2.43. The SMILES string of the molecule is O=C(COC(=O)CCCCCN1C(=O)[C@@H]2C3c4ccccc4C(c4ccccc43)[C@@H]2C1=O)NNC(=O)c1ccccc1Cl. The average Bonchev–Trinajstić information content (AvgIpc) is 3.28. The van der Waals surface area contributed by atoms with E-state index < -0.39 is 36.2 Å². The molecular weight excluding hydrogens is 570 g/mol. The van der Waals surface area contributed by atoms with Gasteiger partial charge in [-0.25, -0.2) is 0 Å². The summed E-state index contributed by atoms with van der Waals surface area (Å²) in [5.41, 5.74) is 9.17. The molecule has 9 nitrogen and oxygen atoms in total. The van der Waals surface area contributed by atoms with Crippen LogP contribution in [0.1, 0.15) is 70.1 Å². The summed E-state index contributed by atoms with van der Waals surface area (Å²) in [4.78, 5) is 64.9. The maximum atomic E-state index is 13.6. The molecule has 0 unspecified atom stereocenters. The van der Waals surface area contributed by atoms with Gasteiger partial charge in [0.1, 0.15) is 0 Å². The smallest absolute Gasteiger partial charge is 0.306 e. The van der Waals surface area contributed by atoms with Crippen molar-refractivity contribution in [3.63, 3.8) is 0 Å². The largest absolute Gasteiger partial charge is 0.455 e. The molecule has 4 aliphatic rings. The molecular formula is C33H30ClN3O6. The van der Waals surface area contributed by atoms with E-state index in [9.17, 15) is 24.0 Å². The van der Waals surface area contributed by atoms with Crippen LogP contribution in [-0.2, 0) is 23.9 Å². The van der Waals surface area contributed by atoms with Crippen molar-refractivity contribution in [3.8, 4) is 0 Å². The highest BCUT2D eigenvalue weighted by Crippen LogP contribution is 2.60. The second-order valence-corrected chi connectivity index (χ2v) is 11.5. The van der Waals surface area contributed by atoms with Crippen molar-refractivity contribution < 1.29 is 28.7 Å². The maximum Gasteiger partial charge on any atom is 0.306 e. The second-order valence-electron chi connectivity index (χ2n) is 11.0. The predicted octanol–water partition coefficient (Wildman–Crippen LogP) is 4.10. The van der Waals surface area contributed by atoms with Crippen molar-refractivity contribution in [2.24, 2.45) is 11.8 Å². The van der Waals surface area contributed by atoms with Gasteiger partial charge in [0, 0.05) is 24.8 Å². The van der Waals surface area contributed by atoms with Crippen LogP contribution in [0.15, 0.2) is 72.8 Å². The number of amides is 4. The molecule has 1 fully saturated rings. The molecule has 3 aromatic carbocycles. The van der Waals surface area contributed by atoms with Gasteiger partial charge < -0.3 is 4.74 Å². The Balaban J connectivity index is 0.955. The minimum absolute atomic E-state index is 0.0845. The van der Waals surface area contributed by atoms with E-state index in [4.69, 9.17) is 16.3 Å². The van der Waals surface area contributed by atoms with E-state index in [1.807, 2.05) is 24.3 Å². The molecule has 10 heteroatoms. The minimum atomic E-state index is -0.695. The van der Waals surface area contributed by atoms with E-state index >= 15 is 0 Å². The van der Waals surface area contributed by atoms with E-state index in [-0.39, 0.29) is 40.7 Å². The van der Waals surface area contributed by atoms with E-state index in [0.717, 1.165) is 22.3 Å². The fourth-order valence-corrected chi connectivity index (χ4v) is 6.99. The minimum Gasteiger partial charge on any atom is -0.455 e. The number of nitrogens with zero attached hydrogens (tertiary/aromatic N) is 1. The quantitative estimate of drug-likeness (QED) is 0.165. The van der Waals surface area contributed by atoms with Gasteiger partial charge in [0.05, 0.1) is 22.4 Å². The first-order chi connectivity index (χ1) is 20.9. The first kappa shape index (κ1) is 28.6. The molecule has 3 aliphatic carbocycles. The molecule has 3 aromatic rings. The number of rotatable bonds is 9. The summed E-state index contributed by atoms with van der Waals surface area (Å²) >= 11 is 5.96. The van der Waals surface area contributed by atoms with Gasteiger partial charge in [-0.3, -0.25) is 39.7 Å². The van der Waals surface area contributed by atoms with Crippen molar-refractivity contribution in [2.75, 3.05) is 13.2 Å². The topological polar surface area (TPSA) is 122 Å². The molecule has 43 heavy (non-hydrogen) atoms. The second kappa shape index (κ2) is 12.0. The number of hydrogen-bond donors (Lipinski definition) is 2. The Labute approximate surface area is 253 Å². The van der Waals surface area contributed by atoms with Crippen molar-refractivity contribution >= 4 is 41.2 Å². The van der Waals surface area contributed by atoms with Gasteiger partial charge in [0.25, 0.3) is 11.8 Å². The summed E-state index contributed by atoms with van der Waals surface area (Å²) < 4.78 is 4.99. The summed E-state index contributed by atoms with van der Waals surface area (Å²) in [6.45, 7) is -0.242. The van der Waals surface area contributed by atoms with Crippen molar-refractivity contribution in [1.82, 2.24) is 15.8 Å². The molecule has 1 saturated heterocycles. The summed E-state index contributed by atoms with van der Waals surface area (Å²) in [6, 6.07) is 22.7. The number of benzene rings is 3. The zero-order valence-corrected chi connectivity index (χ0v) is 24.0. The molecule has 0 spiro atoms. The van der Waals surface area contributed by atoms with E-state index in [2.05, 4.69) is 35.1 Å². The Morgan fingerprint density at radius 3 is 1.81 bits per heavy atom. The Hall–Kier alpha value is -4.50. The number of esters is 1. The van der Waals surface area contributed by atoms with Crippen LogP contribution in [0.25, 0.3) is 0 Å². The molecule has 0 radical (unpaired) electrons. The molecule has 4 amide bonds. The van der Waals surface area contributed by atoms with E-state index in [0.29, 0.717) is 25.8 Å². The summed E-state index contributed by atoms with van der Waals surface area (Å²) in [6.07, 6.45) is 1.74. The van der Waals surface area contributed by atoms with Crippen LogP contribution in [0.5, 0.6) is 0 Å². The van der Waals surface area contributed by atoms with E-state index in [1.54, 1.807) is 18.2 Å². The highest BCUT2D eigenvalue weighted by Gasteiger charge is 2.61. The zero-order valence-electron chi connectivity index (χ0n) is 23.3. The van der Waals surface area contributed by atoms with Gasteiger partial charge in [-0.05, 0) is 47.2 Å². The van der Waals surface area contributed by atoms with Crippen LogP contribution in [0.4, 0.5) is 0 Å². The summed E-state index contributed by atoms with van der Waals surface area (Å²) in [5, 5.41) is 0.237. The van der Waals surface area contributed by atoms with E-state index in [1.165, 1.54) is 11.0 Å². The monoisotopic (exact) mass is 599 g/mol.